The number of aliphatic hydroxyl groups is 3. The standard InChI is InChI=1S/C3H8O3.CH4N2O.H2O2/c4-1-3(6)2-5;2-1(3)4;1-2/h3-6H,1-2H2;(H4,2,3,4);1-2H. The second-order valence-corrected chi connectivity index (χ2v) is 1.42. The topological polar surface area (TPSA) is 170 Å². The van der Waals surface area contributed by atoms with Crippen LogP contribution in [0.5, 0.6) is 0 Å². The molecule has 0 aliphatic carbocycles. The Morgan fingerprint density at radius 3 is 1.33 bits per heavy atom. The van der Waals surface area contributed by atoms with Gasteiger partial charge < -0.3 is 26.8 Å². The van der Waals surface area contributed by atoms with Crippen molar-refractivity contribution in [1.29, 1.82) is 0 Å². The Balaban J connectivity index is -0.000000118. The molecular formula is C4H14N2O6. The first-order chi connectivity index (χ1) is 5.54. The highest BCUT2D eigenvalue weighted by molar-refractivity contribution is 5.69. The highest BCUT2D eigenvalue weighted by Gasteiger charge is 1.93. The van der Waals surface area contributed by atoms with E-state index in [0.29, 0.717) is 0 Å². The molecule has 8 heteroatoms. The molecule has 0 radical (unpaired) electrons. The van der Waals surface area contributed by atoms with Gasteiger partial charge in [0.2, 0.25) is 0 Å². The molecule has 8 nitrogen and oxygen atoms in total. The summed E-state index contributed by atoms with van der Waals surface area (Å²) in [7, 11) is 0. The molecule has 0 saturated carbocycles. The number of rotatable bonds is 2. The lowest BCUT2D eigenvalue weighted by Crippen LogP contribution is -2.18. The summed E-state index contributed by atoms with van der Waals surface area (Å²) < 4.78 is 0. The van der Waals surface area contributed by atoms with Crippen LogP contribution in [0.15, 0.2) is 0 Å². The molecule has 0 spiro atoms. The van der Waals surface area contributed by atoms with Crippen molar-refractivity contribution in [2.24, 2.45) is 11.5 Å². The molecule has 2 amide bonds. The molecule has 0 heterocycles. The van der Waals surface area contributed by atoms with Crippen LogP contribution < -0.4 is 11.5 Å². The maximum absolute atomic E-state index is 9.00. The highest BCUT2D eigenvalue weighted by atomic mass is 17.0. The summed E-state index contributed by atoms with van der Waals surface area (Å²) in [6.45, 7) is -0.729. The number of hydrogen-bond donors (Lipinski definition) is 7. The Kier molecular flexibility index (Phi) is 23.8. The minimum atomic E-state index is -0.954. The lowest BCUT2D eigenvalue weighted by Gasteiger charge is -1.96. The minimum absolute atomic E-state index is 0.365. The summed E-state index contributed by atoms with van der Waals surface area (Å²) in [5.74, 6) is 0. The molecule has 0 aromatic heterocycles. The molecule has 12 heavy (non-hydrogen) atoms. The first kappa shape index (κ1) is 17.2. The molecule has 9 N–H and O–H groups in total. The van der Waals surface area contributed by atoms with Crippen LogP contribution in [-0.2, 0) is 0 Å². The van der Waals surface area contributed by atoms with Gasteiger partial charge in [-0.05, 0) is 0 Å². The van der Waals surface area contributed by atoms with Crippen molar-refractivity contribution < 1.29 is 30.6 Å². The van der Waals surface area contributed by atoms with Crippen LogP contribution in [0.3, 0.4) is 0 Å². The van der Waals surface area contributed by atoms with E-state index in [1.54, 1.807) is 0 Å². The Morgan fingerprint density at radius 1 is 1.17 bits per heavy atom. The third-order valence-electron chi connectivity index (χ3n) is 0.421. The monoisotopic (exact) mass is 186 g/mol. The van der Waals surface area contributed by atoms with E-state index < -0.39 is 12.1 Å². The molecule has 76 valence electrons. The van der Waals surface area contributed by atoms with Gasteiger partial charge in [-0.15, -0.1) is 0 Å². The van der Waals surface area contributed by atoms with E-state index in [1.165, 1.54) is 0 Å². The van der Waals surface area contributed by atoms with E-state index in [4.69, 9.17) is 30.6 Å². The molecule has 0 aromatic rings. The van der Waals surface area contributed by atoms with Crippen LogP contribution in [0.2, 0.25) is 0 Å². The van der Waals surface area contributed by atoms with Gasteiger partial charge in [-0.25, -0.2) is 4.79 Å². The molecule has 0 aromatic carbocycles. The molecule has 0 unspecified atom stereocenters. The molecule has 0 atom stereocenters. The summed E-state index contributed by atoms with van der Waals surface area (Å²) in [6, 6.07) is -0.833. The Hall–Kier alpha value is -0.930. The Bertz CT molecular complexity index is 81.6. The number of primary amides is 2. The third kappa shape index (κ3) is 62.7. The summed E-state index contributed by atoms with van der Waals surface area (Å²) >= 11 is 0. The predicted molar refractivity (Wildman–Crippen MR) is 39.2 cm³/mol. The number of hydrogen-bond acceptors (Lipinski definition) is 6. The highest BCUT2D eigenvalue weighted by Crippen LogP contribution is 1.71. The summed E-state index contributed by atoms with van der Waals surface area (Å²) in [5.41, 5.74) is 8.50. The first-order valence-corrected chi connectivity index (χ1v) is 2.69. The van der Waals surface area contributed by atoms with Crippen LogP contribution in [0.25, 0.3) is 0 Å². The van der Waals surface area contributed by atoms with Crippen LogP contribution in [-0.4, -0.2) is 51.2 Å². The van der Waals surface area contributed by atoms with Crippen LogP contribution in [0.4, 0.5) is 4.79 Å². The molecule has 0 saturated heterocycles. The molecule has 0 bridgehead atoms. The molecule has 0 aliphatic heterocycles. The Morgan fingerprint density at radius 2 is 1.33 bits per heavy atom. The summed E-state index contributed by atoms with van der Waals surface area (Å²) in [5, 5.41) is 36.0. The quantitative estimate of drug-likeness (QED) is 0.184. The second-order valence-electron chi connectivity index (χ2n) is 1.42. The predicted octanol–water partition coefficient (Wildman–Crippen LogP) is -2.63. The van der Waals surface area contributed by atoms with Gasteiger partial charge in [-0.2, -0.15) is 0 Å². The SMILES string of the molecule is NC(N)=O.OCC(O)CO.OO. The van der Waals surface area contributed by atoms with Gasteiger partial charge in [0.05, 0.1) is 13.2 Å². The number of urea groups is 1. The average Bonchev–Trinajstić information content (AvgIpc) is 2.06. The molecule has 0 rings (SSSR count). The van der Waals surface area contributed by atoms with Crippen LogP contribution in [0.1, 0.15) is 0 Å². The summed E-state index contributed by atoms with van der Waals surface area (Å²) in [4.78, 5) is 9.00. The third-order valence-corrected chi connectivity index (χ3v) is 0.421. The largest absolute Gasteiger partial charge is 0.394 e. The van der Waals surface area contributed by atoms with Gasteiger partial charge in [-0.3, -0.25) is 10.5 Å². The van der Waals surface area contributed by atoms with Gasteiger partial charge >= 0.3 is 6.03 Å². The zero-order valence-electron chi connectivity index (χ0n) is 6.29. The van der Waals surface area contributed by atoms with Gasteiger partial charge in [-0.1, -0.05) is 0 Å². The van der Waals surface area contributed by atoms with Crippen LogP contribution in [0, 0.1) is 0 Å². The number of amides is 2. The van der Waals surface area contributed by atoms with Crippen molar-refractivity contribution in [3.63, 3.8) is 0 Å². The van der Waals surface area contributed by atoms with Gasteiger partial charge in [0.1, 0.15) is 6.10 Å². The van der Waals surface area contributed by atoms with Crippen molar-refractivity contribution in [3.8, 4) is 0 Å². The van der Waals surface area contributed by atoms with Gasteiger partial charge in [0.25, 0.3) is 0 Å². The van der Waals surface area contributed by atoms with Crippen LogP contribution >= 0.6 is 0 Å². The second kappa shape index (κ2) is 16.6. The minimum Gasteiger partial charge on any atom is -0.394 e. The fourth-order valence-electron chi connectivity index (χ4n) is 0.0577. The molecule has 0 fully saturated rings. The maximum atomic E-state index is 9.00. The van der Waals surface area contributed by atoms with E-state index in [2.05, 4.69) is 11.5 Å². The zero-order chi connectivity index (χ0) is 10.6. The average molecular weight is 186 g/mol. The van der Waals surface area contributed by atoms with E-state index in [9.17, 15) is 0 Å². The smallest absolute Gasteiger partial charge is 0.309 e. The van der Waals surface area contributed by atoms with Crippen molar-refractivity contribution in [2.45, 2.75) is 6.10 Å². The number of carbonyl (C=O) groups excluding carboxylic acids is 1. The van der Waals surface area contributed by atoms with E-state index in [-0.39, 0.29) is 13.2 Å². The van der Waals surface area contributed by atoms with E-state index >= 15 is 0 Å². The Labute approximate surface area is 68.6 Å². The van der Waals surface area contributed by atoms with Crippen molar-refractivity contribution in [3.05, 3.63) is 0 Å². The van der Waals surface area contributed by atoms with Crippen molar-refractivity contribution in [1.82, 2.24) is 0 Å². The first-order valence-electron chi connectivity index (χ1n) is 2.69. The fourth-order valence-corrected chi connectivity index (χ4v) is 0.0577. The summed E-state index contributed by atoms with van der Waals surface area (Å²) in [6.07, 6.45) is -0.954. The number of nitrogens with two attached hydrogens (primary N) is 2. The fraction of sp³-hybridized carbons (Fsp3) is 0.750. The lowest BCUT2D eigenvalue weighted by molar-refractivity contribution is -0.176. The molecular weight excluding hydrogens is 172 g/mol. The normalized spacial score (nSPS) is 7.50. The van der Waals surface area contributed by atoms with E-state index in [1.807, 2.05) is 0 Å². The van der Waals surface area contributed by atoms with Gasteiger partial charge in [0, 0.05) is 0 Å². The number of carbonyl (C=O) groups is 1. The van der Waals surface area contributed by atoms with Gasteiger partial charge in [0.15, 0.2) is 0 Å². The van der Waals surface area contributed by atoms with E-state index in [0.717, 1.165) is 0 Å². The number of aliphatic hydroxyl groups excluding tert-OH is 3. The molecule has 0 aliphatic rings. The lowest BCUT2D eigenvalue weighted by atomic mass is 10.4. The van der Waals surface area contributed by atoms with Crippen molar-refractivity contribution in [2.75, 3.05) is 13.2 Å². The van der Waals surface area contributed by atoms with Crippen molar-refractivity contribution >= 4 is 6.03 Å². The maximum Gasteiger partial charge on any atom is 0.309 e. The zero-order valence-corrected chi connectivity index (χ0v) is 6.29.